The number of carbonyl (C=O) groups is 2. The number of ether oxygens (including phenoxy) is 3. The van der Waals surface area contributed by atoms with Gasteiger partial charge in [0, 0.05) is 0 Å². The minimum atomic E-state index is -0.773. The third-order valence-electron chi connectivity index (χ3n) is 4.18. The first-order chi connectivity index (χ1) is 13.1. The lowest BCUT2D eigenvalue weighted by Gasteiger charge is -2.31. The second-order valence-electron chi connectivity index (χ2n) is 5.75. The van der Waals surface area contributed by atoms with E-state index in [1.165, 1.54) is 31.3 Å². The van der Waals surface area contributed by atoms with Gasteiger partial charge in [-0.2, -0.15) is 0 Å². The fourth-order valence-electron chi connectivity index (χ4n) is 2.87. The van der Waals surface area contributed by atoms with Crippen LogP contribution in [0, 0.1) is 5.82 Å². The highest BCUT2D eigenvalue weighted by Gasteiger charge is 2.33. The zero-order valence-electron chi connectivity index (χ0n) is 14.9. The van der Waals surface area contributed by atoms with E-state index in [1.54, 1.807) is 6.07 Å². The van der Waals surface area contributed by atoms with Crippen LogP contribution in [0.1, 0.15) is 0 Å². The lowest BCUT2D eigenvalue weighted by atomic mass is 10.0. The zero-order valence-corrected chi connectivity index (χ0v) is 14.9. The third kappa shape index (κ3) is 3.68. The number of benzene rings is 2. The Morgan fingerprint density at radius 2 is 1.70 bits per heavy atom. The maximum atomic E-state index is 14.9. The number of rotatable bonds is 4. The van der Waals surface area contributed by atoms with Crippen molar-refractivity contribution in [3.05, 3.63) is 65.6 Å². The highest BCUT2D eigenvalue weighted by Crippen LogP contribution is 2.31. The van der Waals surface area contributed by atoms with Gasteiger partial charge in [-0.1, -0.05) is 36.4 Å². The molecule has 0 fully saturated rings. The SMILES string of the molecule is COC(=O)C1=C(C(=O)OC)N(c2ccc(-c3ccccc3)cc2F)COC1. The van der Waals surface area contributed by atoms with E-state index in [2.05, 4.69) is 0 Å². The molecule has 6 nitrogen and oxygen atoms in total. The van der Waals surface area contributed by atoms with Gasteiger partial charge in [0.1, 0.15) is 18.2 Å². The number of nitrogens with zero attached hydrogens (tertiary/aromatic N) is 1. The fraction of sp³-hybridized carbons (Fsp3) is 0.200. The predicted molar refractivity (Wildman–Crippen MR) is 96.2 cm³/mol. The summed E-state index contributed by atoms with van der Waals surface area (Å²) in [7, 11) is 2.38. The summed E-state index contributed by atoms with van der Waals surface area (Å²) in [4.78, 5) is 25.6. The second-order valence-corrected chi connectivity index (χ2v) is 5.75. The first-order valence-corrected chi connectivity index (χ1v) is 8.17. The van der Waals surface area contributed by atoms with Crippen LogP contribution in [-0.2, 0) is 23.8 Å². The molecule has 7 heteroatoms. The standard InChI is InChI=1S/C20H18FNO5/c1-25-19(23)15-11-27-12-22(18(15)20(24)26-2)17-9-8-14(10-16(17)21)13-6-4-3-5-7-13/h3-10H,11-12H2,1-2H3. The molecule has 27 heavy (non-hydrogen) atoms. The van der Waals surface area contributed by atoms with Crippen molar-refractivity contribution in [2.75, 3.05) is 32.5 Å². The van der Waals surface area contributed by atoms with Gasteiger partial charge in [0.25, 0.3) is 0 Å². The van der Waals surface area contributed by atoms with Gasteiger partial charge in [0.05, 0.1) is 32.1 Å². The van der Waals surface area contributed by atoms with Crippen LogP contribution < -0.4 is 4.90 Å². The number of methoxy groups -OCH3 is 2. The Morgan fingerprint density at radius 1 is 1.00 bits per heavy atom. The number of halogens is 1. The molecule has 0 N–H and O–H groups in total. The molecule has 2 aromatic rings. The number of hydrogen-bond donors (Lipinski definition) is 0. The Kier molecular flexibility index (Phi) is 5.52. The average molecular weight is 371 g/mol. The minimum absolute atomic E-state index is 0.0258. The molecule has 1 aliphatic heterocycles. The van der Waals surface area contributed by atoms with Gasteiger partial charge in [-0.25, -0.2) is 14.0 Å². The van der Waals surface area contributed by atoms with E-state index in [1.807, 2.05) is 30.3 Å². The Bertz CT molecular complexity index is 895. The van der Waals surface area contributed by atoms with Crippen LogP contribution in [0.3, 0.4) is 0 Å². The quantitative estimate of drug-likeness (QED) is 0.770. The summed E-state index contributed by atoms with van der Waals surface area (Å²) < 4.78 is 29.7. The lowest BCUT2D eigenvalue weighted by Crippen LogP contribution is -2.39. The molecule has 0 aliphatic carbocycles. The van der Waals surface area contributed by atoms with Crippen LogP contribution in [0.2, 0.25) is 0 Å². The molecule has 0 saturated heterocycles. The Morgan fingerprint density at radius 3 is 2.33 bits per heavy atom. The fourth-order valence-corrected chi connectivity index (χ4v) is 2.87. The third-order valence-corrected chi connectivity index (χ3v) is 4.18. The normalized spacial score (nSPS) is 14.1. The van der Waals surface area contributed by atoms with Crippen molar-refractivity contribution in [1.29, 1.82) is 0 Å². The van der Waals surface area contributed by atoms with E-state index in [-0.39, 0.29) is 30.3 Å². The monoisotopic (exact) mass is 371 g/mol. The van der Waals surface area contributed by atoms with Gasteiger partial charge in [-0.05, 0) is 23.3 Å². The van der Waals surface area contributed by atoms with Gasteiger partial charge in [-0.3, -0.25) is 0 Å². The van der Waals surface area contributed by atoms with E-state index in [9.17, 15) is 14.0 Å². The van der Waals surface area contributed by atoms with Crippen LogP contribution in [0.15, 0.2) is 59.8 Å². The Labute approximate surface area is 155 Å². The van der Waals surface area contributed by atoms with Crippen molar-refractivity contribution < 1.29 is 28.2 Å². The van der Waals surface area contributed by atoms with Crippen LogP contribution >= 0.6 is 0 Å². The maximum Gasteiger partial charge on any atom is 0.355 e. The molecule has 0 amide bonds. The summed E-state index contributed by atoms with van der Waals surface area (Å²) in [5.41, 5.74) is 1.52. The van der Waals surface area contributed by atoms with Crippen molar-refractivity contribution in [2.45, 2.75) is 0 Å². The van der Waals surface area contributed by atoms with Crippen molar-refractivity contribution in [3.63, 3.8) is 0 Å². The Balaban J connectivity index is 2.06. The van der Waals surface area contributed by atoms with E-state index in [4.69, 9.17) is 14.2 Å². The van der Waals surface area contributed by atoms with E-state index in [0.717, 1.165) is 5.56 Å². The van der Waals surface area contributed by atoms with Crippen LogP contribution in [0.5, 0.6) is 0 Å². The highest BCUT2D eigenvalue weighted by atomic mass is 19.1. The Hall–Kier alpha value is -3.19. The van der Waals surface area contributed by atoms with E-state index < -0.39 is 17.8 Å². The molecule has 1 heterocycles. The molecule has 1 aliphatic rings. The lowest BCUT2D eigenvalue weighted by molar-refractivity contribution is -0.140. The van der Waals surface area contributed by atoms with Crippen LogP contribution in [-0.4, -0.2) is 39.5 Å². The first-order valence-electron chi connectivity index (χ1n) is 8.17. The summed E-state index contributed by atoms with van der Waals surface area (Å²) >= 11 is 0. The summed E-state index contributed by atoms with van der Waals surface area (Å²) in [6.07, 6.45) is 0. The number of anilines is 1. The van der Waals surface area contributed by atoms with Gasteiger partial charge in [-0.15, -0.1) is 0 Å². The number of esters is 2. The van der Waals surface area contributed by atoms with Crippen molar-refractivity contribution >= 4 is 17.6 Å². The highest BCUT2D eigenvalue weighted by molar-refractivity contribution is 6.03. The van der Waals surface area contributed by atoms with Crippen molar-refractivity contribution in [3.8, 4) is 11.1 Å². The summed E-state index contributed by atoms with van der Waals surface area (Å²) in [6.45, 7) is -0.232. The topological polar surface area (TPSA) is 65.1 Å². The largest absolute Gasteiger partial charge is 0.466 e. The molecule has 0 radical (unpaired) electrons. The summed E-state index contributed by atoms with van der Waals surface area (Å²) in [6, 6.07) is 14.0. The maximum absolute atomic E-state index is 14.9. The predicted octanol–water partition coefficient (Wildman–Crippen LogP) is 2.89. The number of hydrogen-bond acceptors (Lipinski definition) is 6. The summed E-state index contributed by atoms with van der Waals surface area (Å²) in [5, 5.41) is 0. The molecule has 2 aromatic carbocycles. The van der Waals surface area contributed by atoms with Gasteiger partial charge >= 0.3 is 11.9 Å². The first kappa shape index (κ1) is 18.6. The summed E-state index contributed by atoms with van der Waals surface area (Å²) in [5.74, 6) is -2.07. The van der Waals surface area contributed by atoms with E-state index in [0.29, 0.717) is 5.56 Å². The molecular formula is C20H18FNO5. The molecule has 0 unspecified atom stereocenters. The molecule has 140 valence electrons. The van der Waals surface area contributed by atoms with Gasteiger partial charge in [0.15, 0.2) is 0 Å². The van der Waals surface area contributed by atoms with Crippen molar-refractivity contribution in [2.24, 2.45) is 0 Å². The van der Waals surface area contributed by atoms with Crippen LogP contribution in [0.4, 0.5) is 10.1 Å². The average Bonchev–Trinajstić information content (AvgIpc) is 2.72. The molecule has 0 spiro atoms. The van der Waals surface area contributed by atoms with Crippen molar-refractivity contribution in [1.82, 2.24) is 0 Å². The minimum Gasteiger partial charge on any atom is -0.466 e. The molecule has 3 rings (SSSR count). The van der Waals surface area contributed by atoms with Gasteiger partial charge in [0.2, 0.25) is 0 Å². The molecule has 0 bridgehead atoms. The van der Waals surface area contributed by atoms with Crippen LogP contribution in [0.25, 0.3) is 11.1 Å². The molecule has 0 saturated carbocycles. The molecule has 0 aromatic heterocycles. The van der Waals surface area contributed by atoms with E-state index >= 15 is 0 Å². The molecular weight excluding hydrogens is 353 g/mol. The molecule has 0 atom stereocenters. The van der Waals surface area contributed by atoms with Gasteiger partial charge < -0.3 is 19.1 Å². The zero-order chi connectivity index (χ0) is 19.4. The number of carbonyl (C=O) groups excluding carboxylic acids is 2. The second kappa shape index (κ2) is 8.01. The smallest absolute Gasteiger partial charge is 0.355 e.